The van der Waals surface area contributed by atoms with Gasteiger partial charge in [0.05, 0.1) is 3.79 Å². The van der Waals surface area contributed by atoms with Gasteiger partial charge in [-0.25, -0.2) is 13.4 Å². The van der Waals surface area contributed by atoms with E-state index in [1.165, 1.54) is 4.31 Å². The second-order valence-electron chi connectivity index (χ2n) is 5.54. The maximum Gasteiger partial charge on any atom is 0.253 e. The first-order chi connectivity index (χ1) is 11.4. The number of nitrogens with one attached hydrogen (secondary N) is 1. The lowest BCUT2D eigenvalue weighted by Crippen LogP contribution is -2.42. The maximum atomic E-state index is 12.8. The Bertz CT molecular complexity index is 849. The lowest BCUT2D eigenvalue weighted by atomic mass is 10.2. The van der Waals surface area contributed by atoms with Crippen LogP contribution in [0.25, 0.3) is 0 Å². The minimum absolute atomic E-state index is 0.238. The van der Waals surface area contributed by atoms with E-state index >= 15 is 0 Å². The van der Waals surface area contributed by atoms with Gasteiger partial charge in [0.2, 0.25) is 5.91 Å². The molecule has 3 rings (SSSR count). The van der Waals surface area contributed by atoms with Gasteiger partial charge in [-0.15, -0.1) is 11.3 Å². The number of carbonyl (C=O) groups excluding carboxylic acids is 1. The average molecular weight is 430 g/mol. The molecule has 0 spiro atoms. The average Bonchev–Trinajstić information content (AvgIpc) is 3.19. The van der Waals surface area contributed by atoms with Crippen LogP contribution in [-0.2, 0) is 14.8 Å². The third kappa shape index (κ3) is 3.53. The summed E-state index contributed by atoms with van der Waals surface area (Å²) in [5.41, 5.74) is 0.987. The zero-order valence-electron chi connectivity index (χ0n) is 12.9. The number of rotatable bonds is 4. The molecule has 1 aliphatic rings. The molecule has 3 heterocycles. The highest BCUT2D eigenvalue weighted by molar-refractivity contribution is 9.11. The zero-order valence-corrected chi connectivity index (χ0v) is 16.1. The molecule has 1 N–H and O–H groups in total. The van der Waals surface area contributed by atoms with Crippen molar-refractivity contribution in [3.05, 3.63) is 39.8 Å². The van der Waals surface area contributed by atoms with Crippen LogP contribution in [0.3, 0.4) is 0 Å². The molecule has 1 aliphatic heterocycles. The van der Waals surface area contributed by atoms with Crippen molar-refractivity contribution in [3.8, 4) is 0 Å². The summed E-state index contributed by atoms with van der Waals surface area (Å²) < 4.78 is 27.8. The number of hydrogen-bond acceptors (Lipinski definition) is 5. The number of anilines is 1. The smallest absolute Gasteiger partial charge is 0.253 e. The highest BCUT2D eigenvalue weighted by Gasteiger charge is 2.40. The van der Waals surface area contributed by atoms with Gasteiger partial charge in [0.25, 0.3) is 10.0 Å². The van der Waals surface area contributed by atoms with Crippen LogP contribution in [0.1, 0.15) is 18.4 Å². The number of hydrogen-bond donors (Lipinski definition) is 1. The summed E-state index contributed by atoms with van der Waals surface area (Å²) in [4.78, 5) is 16.7. The van der Waals surface area contributed by atoms with Gasteiger partial charge >= 0.3 is 0 Å². The molecule has 2 aromatic rings. The van der Waals surface area contributed by atoms with E-state index < -0.39 is 16.1 Å². The molecule has 9 heteroatoms. The van der Waals surface area contributed by atoms with Gasteiger partial charge in [-0.3, -0.25) is 4.79 Å². The number of nitrogens with zero attached hydrogens (tertiary/aromatic N) is 2. The summed E-state index contributed by atoms with van der Waals surface area (Å²) in [5.74, 6) is 0.0803. The first-order valence-electron chi connectivity index (χ1n) is 7.38. The maximum absolute atomic E-state index is 12.8. The molecule has 1 saturated heterocycles. The Morgan fingerprint density at radius 2 is 2.17 bits per heavy atom. The van der Waals surface area contributed by atoms with Crippen LogP contribution in [0.4, 0.5) is 5.82 Å². The molecule has 0 bridgehead atoms. The van der Waals surface area contributed by atoms with Crippen molar-refractivity contribution in [2.45, 2.75) is 30.0 Å². The van der Waals surface area contributed by atoms with Crippen molar-refractivity contribution in [2.75, 3.05) is 11.9 Å². The van der Waals surface area contributed by atoms with E-state index in [0.29, 0.717) is 25.2 Å². The molecule has 0 radical (unpaired) electrons. The number of pyridine rings is 1. The van der Waals surface area contributed by atoms with E-state index in [4.69, 9.17) is 0 Å². The van der Waals surface area contributed by atoms with E-state index in [2.05, 4.69) is 26.2 Å². The molecular formula is C15H16BrN3O3S2. The summed E-state index contributed by atoms with van der Waals surface area (Å²) in [6.07, 6.45) is 2.82. The quantitative estimate of drug-likeness (QED) is 0.809. The minimum Gasteiger partial charge on any atom is -0.309 e. The van der Waals surface area contributed by atoms with Crippen LogP contribution in [0, 0.1) is 6.92 Å². The standard InChI is InChI=1S/C15H16BrN3O3S2/c1-10-4-6-13(17-9-10)18-15(20)11-3-2-8-19(11)24(21,22)14-7-5-12(16)23-14/h4-7,9,11H,2-3,8H2,1H3,(H,17,18,20). The summed E-state index contributed by atoms with van der Waals surface area (Å²) in [6.45, 7) is 2.25. The lowest BCUT2D eigenvalue weighted by molar-refractivity contribution is -0.119. The molecular weight excluding hydrogens is 414 g/mol. The van der Waals surface area contributed by atoms with Crippen molar-refractivity contribution < 1.29 is 13.2 Å². The number of halogens is 1. The fourth-order valence-corrected chi connectivity index (χ4v) is 6.39. The van der Waals surface area contributed by atoms with Crippen LogP contribution in [0.5, 0.6) is 0 Å². The van der Waals surface area contributed by atoms with E-state index in [0.717, 1.165) is 20.7 Å². The van der Waals surface area contributed by atoms with Crippen molar-refractivity contribution in [1.82, 2.24) is 9.29 Å². The number of aromatic nitrogens is 1. The van der Waals surface area contributed by atoms with Gasteiger partial charge in [0, 0.05) is 12.7 Å². The van der Waals surface area contributed by atoms with Crippen molar-refractivity contribution >= 4 is 49.0 Å². The number of aryl methyl sites for hydroxylation is 1. The van der Waals surface area contributed by atoms with Crippen LogP contribution in [0.2, 0.25) is 0 Å². The van der Waals surface area contributed by atoms with E-state index in [1.807, 2.05) is 13.0 Å². The van der Waals surface area contributed by atoms with Crippen LogP contribution < -0.4 is 5.32 Å². The summed E-state index contributed by atoms with van der Waals surface area (Å²) in [5, 5.41) is 2.71. The molecule has 128 valence electrons. The third-order valence-electron chi connectivity index (χ3n) is 3.78. The number of sulfonamides is 1. The first kappa shape index (κ1) is 17.5. The number of amides is 1. The zero-order chi connectivity index (χ0) is 17.3. The predicted octanol–water partition coefficient (Wildman–Crippen LogP) is 3.01. The Balaban J connectivity index is 1.80. The van der Waals surface area contributed by atoms with Gasteiger partial charge in [-0.1, -0.05) is 6.07 Å². The van der Waals surface area contributed by atoms with Gasteiger partial charge in [0.1, 0.15) is 16.1 Å². The third-order valence-corrected chi connectivity index (χ3v) is 7.78. The fourth-order valence-electron chi connectivity index (χ4n) is 2.59. The molecule has 24 heavy (non-hydrogen) atoms. The van der Waals surface area contributed by atoms with Crippen molar-refractivity contribution in [2.24, 2.45) is 0 Å². The molecule has 0 saturated carbocycles. The van der Waals surface area contributed by atoms with Crippen molar-refractivity contribution in [3.63, 3.8) is 0 Å². The van der Waals surface area contributed by atoms with E-state index in [-0.39, 0.29) is 10.1 Å². The minimum atomic E-state index is -3.67. The molecule has 0 aromatic carbocycles. The Labute approximate surface area is 153 Å². The van der Waals surface area contributed by atoms with Gasteiger partial charge in [-0.05, 0) is 59.5 Å². The summed E-state index contributed by atoms with van der Waals surface area (Å²) in [7, 11) is -3.67. The Kier molecular flexibility index (Phi) is 5.05. The second kappa shape index (κ2) is 6.91. The topological polar surface area (TPSA) is 79.4 Å². The number of thiophene rings is 1. The summed E-state index contributed by atoms with van der Waals surface area (Å²) >= 11 is 4.42. The monoisotopic (exact) mass is 429 g/mol. The molecule has 1 fully saturated rings. The van der Waals surface area contributed by atoms with Crippen LogP contribution in [0.15, 0.2) is 38.5 Å². The molecule has 6 nitrogen and oxygen atoms in total. The Hall–Kier alpha value is -1.29. The van der Waals surface area contributed by atoms with E-state index in [1.54, 1.807) is 24.4 Å². The second-order valence-corrected chi connectivity index (χ2v) is 10.1. The fraction of sp³-hybridized carbons (Fsp3) is 0.333. The molecule has 1 atom stereocenters. The van der Waals surface area contributed by atoms with Gasteiger partial charge in [0.15, 0.2) is 0 Å². The first-order valence-corrected chi connectivity index (χ1v) is 10.4. The van der Waals surface area contributed by atoms with Crippen LogP contribution >= 0.6 is 27.3 Å². The molecule has 1 unspecified atom stereocenters. The SMILES string of the molecule is Cc1ccc(NC(=O)C2CCCN2S(=O)(=O)c2ccc(Br)s2)nc1. The predicted molar refractivity (Wildman–Crippen MR) is 96.5 cm³/mol. The van der Waals surface area contributed by atoms with Crippen molar-refractivity contribution in [1.29, 1.82) is 0 Å². The summed E-state index contributed by atoms with van der Waals surface area (Å²) in [6, 6.07) is 6.09. The van der Waals surface area contributed by atoms with Gasteiger partial charge in [-0.2, -0.15) is 4.31 Å². The lowest BCUT2D eigenvalue weighted by Gasteiger charge is -2.22. The molecule has 2 aromatic heterocycles. The molecule has 1 amide bonds. The van der Waals surface area contributed by atoms with Crippen LogP contribution in [-0.4, -0.2) is 36.2 Å². The largest absolute Gasteiger partial charge is 0.309 e. The molecule has 0 aliphatic carbocycles. The Morgan fingerprint density at radius 3 is 2.79 bits per heavy atom. The highest BCUT2D eigenvalue weighted by Crippen LogP contribution is 2.32. The van der Waals surface area contributed by atoms with E-state index in [9.17, 15) is 13.2 Å². The highest BCUT2D eigenvalue weighted by atomic mass is 79.9. The van der Waals surface area contributed by atoms with Gasteiger partial charge < -0.3 is 5.32 Å². The normalized spacial score (nSPS) is 18.7. The Morgan fingerprint density at radius 1 is 1.38 bits per heavy atom. The number of carbonyl (C=O) groups is 1.